The first-order chi connectivity index (χ1) is 21.0. The molecule has 0 aromatic carbocycles. The molecule has 0 aromatic rings. The van der Waals surface area contributed by atoms with Gasteiger partial charge in [0, 0.05) is 17.9 Å². The minimum absolute atomic E-state index is 0.00339. The van der Waals surface area contributed by atoms with Crippen molar-refractivity contribution in [3.8, 4) is 0 Å². The lowest BCUT2D eigenvalue weighted by Crippen LogP contribution is -2.53. The smallest absolute Gasteiger partial charge is 0.333 e. The topological polar surface area (TPSA) is 44.8 Å². The summed E-state index contributed by atoms with van der Waals surface area (Å²) in [7, 11) is -4.02. The van der Waals surface area contributed by atoms with Gasteiger partial charge < -0.3 is 13.6 Å². The Morgan fingerprint density at radius 2 is 1.59 bits per heavy atom. The van der Waals surface area contributed by atoms with Crippen LogP contribution in [0.25, 0.3) is 0 Å². The van der Waals surface area contributed by atoms with Crippen molar-refractivity contribution < 1.29 is 18.4 Å². The van der Waals surface area contributed by atoms with Gasteiger partial charge >= 0.3 is 5.97 Å². The molecule has 0 unspecified atom stereocenters. The van der Waals surface area contributed by atoms with E-state index in [-0.39, 0.29) is 40.3 Å². The second-order valence-corrected chi connectivity index (χ2v) is 28.4. The maximum Gasteiger partial charge on any atom is 0.333 e. The third-order valence-electron chi connectivity index (χ3n) is 13.6. The van der Waals surface area contributed by atoms with Gasteiger partial charge in [0.15, 0.2) is 16.6 Å². The number of ether oxygens (including phenoxy) is 1. The minimum atomic E-state index is -2.03. The number of allylic oxidation sites excluding steroid dienone is 3. The van der Waals surface area contributed by atoms with Gasteiger partial charge in [-0.25, -0.2) is 4.79 Å². The fourth-order valence-electron chi connectivity index (χ4n) is 8.55. The summed E-state index contributed by atoms with van der Waals surface area (Å²) in [5, 5.41) is 0.279. The molecule has 6 heteroatoms. The molecule has 0 amide bonds. The molecule has 0 bridgehead atoms. The van der Waals surface area contributed by atoms with E-state index in [1.165, 1.54) is 37.7 Å². The number of hydrogen-bond acceptors (Lipinski definition) is 4. The van der Waals surface area contributed by atoms with Crippen LogP contribution in [0.5, 0.6) is 0 Å². The van der Waals surface area contributed by atoms with Crippen LogP contribution in [0.4, 0.5) is 0 Å². The van der Waals surface area contributed by atoms with E-state index in [9.17, 15) is 4.79 Å². The predicted molar refractivity (Wildman–Crippen MR) is 199 cm³/mol. The fourth-order valence-corrected chi connectivity index (χ4v) is 11.3. The van der Waals surface area contributed by atoms with Crippen molar-refractivity contribution in [3.05, 3.63) is 47.6 Å². The molecule has 0 radical (unpaired) electrons. The lowest BCUT2D eigenvalue weighted by molar-refractivity contribution is -0.139. The van der Waals surface area contributed by atoms with Crippen molar-refractivity contribution in [2.24, 2.45) is 29.1 Å². The van der Waals surface area contributed by atoms with Crippen molar-refractivity contribution >= 4 is 22.6 Å². The van der Waals surface area contributed by atoms with Gasteiger partial charge in [-0.3, -0.25) is 0 Å². The summed E-state index contributed by atoms with van der Waals surface area (Å²) in [6, 6.07) is 0. The Morgan fingerprint density at radius 1 is 0.978 bits per heavy atom. The van der Waals surface area contributed by atoms with Gasteiger partial charge in [-0.15, -0.1) is 0 Å². The zero-order valence-corrected chi connectivity index (χ0v) is 33.9. The van der Waals surface area contributed by atoms with Gasteiger partial charge in [0.25, 0.3) is 0 Å². The summed E-state index contributed by atoms with van der Waals surface area (Å²) in [6.45, 7) is 39.4. The lowest BCUT2D eigenvalue weighted by atomic mass is 9.60. The molecule has 1 saturated heterocycles. The first-order valence-electron chi connectivity index (χ1n) is 18.3. The van der Waals surface area contributed by atoms with E-state index in [1.807, 2.05) is 0 Å². The van der Waals surface area contributed by atoms with Crippen molar-refractivity contribution in [2.75, 3.05) is 0 Å². The van der Waals surface area contributed by atoms with Crippen LogP contribution in [0, 0.1) is 29.1 Å². The maximum atomic E-state index is 12.0. The molecule has 1 aliphatic heterocycles. The molecule has 8 atom stereocenters. The van der Waals surface area contributed by atoms with Crippen LogP contribution in [0.15, 0.2) is 47.6 Å². The van der Waals surface area contributed by atoms with E-state index >= 15 is 0 Å². The third-order valence-corrected chi connectivity index (χ3v) is 22.6. The number of fused-ring (bicyclic) bond motifs is 1. The van der Waals surface area contributed by atoms with E-state index in [0.717, 1.165) is 18.4 Å². The monoisotopic (exact) mass is 668 g/mol. The highest BCUT2D eigenvalue weighted by Gasteiger charge is 2.52. The highest BCUT2D eigenvalue weighted by Crippen LogP contribution is 2.60. The summed E-state index contributed by atoms with van der Waals surface area (Å²) in [4.78, 5) is 12.0. The maximum absolute atomic E-state index is 12.0. The van der Waals surface area contributed by atoms with Gasteiger partial charge in [0.1, 0.15) is 6.10 Å². The molecule has 3 aliphatic carbocycles. The summed E-state index contributed by atoms with van der Waals surface area (Å²) in [6.07, 6.45) is 13.8. The van der Waals surface area contributed by atoms with Crippen molar-refractivity contribution in [2.45, 2.75) is 168 Å². The molecule has 0 N–H and O–H groups in total. The van der Waals surface area contributed by atoms with E-state index in [1.54, 1.807) is 5.57 Å². The van der Waals surface area contributed by atoms with Crippen LogP contribution in [-0.2, 0) is 18.4 Å². The molecule has 260 valence electrons. The van der Waals surface area contributed by atoms with E-state index in [0.29, 0.717) is 35.2 Å². The molecule has 46 heavy (non-hydrogen) atoms. The largest absolute Gasteiger partial charge is 0.459 e. The highest BCUT2D eigenvalue weighted by atomic mass is 28.4. The molecule has 0 aromatic heterocycles. The lowest BCUT2D eigenvalue weighted by Gasteiger charge is -2.48. The fraction of sp³-hybridized carbons (Fsp3) is 0.775. The van der Waals surface area contributed by atoms with E-state index in [4.69, 9.17) is 20.2 Å². The first kappa shape index (κ1) is 37.6. The Kier molecular flexibility index (Phi) is 10.8. The Labute approximate surface area is 285 Å². The molecule has 4 rings (SSSR count). The number of rotatable bonds is 8. The standard InChI is InChI=1S/C40H68O4Si2/c1-26(23-32-24-27(2)37(41)42-32)33-20-21-34-30(17-16-22-40(33,34)11)18-19-31-25-35(43-45(12,13)38(5,6)7)29(4)36(28(31)3)44-46(14,15)39(8,9)10/h18-19,26,29,32-36H,2-3,16-17,20-25H2,1,4-15H3/t26-,29+,32+,33-,34+,35+,36+,40-/m1/s1. The van der Waals surface area contributed by atoms with Crippen molar-refractivity contribution in [3.63, 3.8) is 0 Å². The molecule has 1 heterocycles. The minimum Gasteiger partial charge on any atom is -0.459 e. The number of esters is 1. The second-order valence-electron chi connectivity index (χ2n) is 18.9. The van der Waals surface area contributed by atoms with Crippen LogP contribution in [-0.4, -0.2) is 40.9 Å². The number of carbonyl (C=O) groups excluding carboxylic acids is 1. The number of cyclic esters (lactones) is 1. The molecular weight excluding hydrogens is 601 g/mol. The molecule has 4 fully saturated rings. The van der Waals surface area contributed by atoms with Crippen LogP contribution in [0.1, 0.15) is 114 Å². The SMILES string of the molecule is C=C1C[C@H](C[C@@H](C)[C@H]2CC[C@H]3C(=CC=C4C[C@H](O[Si](C)(C)C(C)(C)C)[C@H](C)[C@@H](O[Si](C)(C)C(C)(C)C)C4=C)CCC[C@]23C)OC1=O. The van der Waals surface area contributed by atoms with Crippen molar-refractivity contribution in [1.29, 1.82) is 0 Å². The molecule has 4 aliphatic rings. The van der Waals surface area contributed by atoms with Gasteiger partial charge in [0.2, 0.25) is 0 Å². The highest BCUT2D eigenvalue weighted by molar-refractivity contribution is 6.74. The summed E-state index contributed by atoms with van der Waals surface area (Å²) < 4.78 is 20.0. The third kappa shape index (κ3) is 7.50. The Morgan fingerprint density at radius 3 is 2.15 bits per heavy atom. The molecule has 4 nitrogen and oxygen atoms in total. The number of hydrogen-bond donors (Lipinski definition) is 0. The average molecular weight is 669 g/mol. The predicted octanol–water partition coefficient (Wildman–Crippen LogP) is 11.3. The summed E-state index contributed by atoms with van der Waals surface area (Å²) >= 11 is 0. The first-order valence-corrected chi connectivity index (χ1v) is 24.1. The Hall–Kier alpha value is -1.22. The second kappa shape index (κ2) is 13.2. The molecule has 3 saturated carbocycles. The summed E-state index contributed by atoms with van der Waals surface area (Å²) in [5.41, 5.74) is 5.02. The zero-order valence-electron chi connectivity index (χ0n) is 31.9. The summed E-state index contributed by atoms with van der Waals surface area (Å²) in [5.74, 6) is 1.85. The van der Waals surface area contributed by atoms with Gasteiger partial charge in [-0.1, -0.05) is 93.2 Å². The van der Waals surface area contributed by atoms with Gasteiger partial charge in [-0.2, -0.15) is 0 Å². The van der Waals surface area contributed by atoms with Crippen LogP contribution in [0.3, 0.4) is 0 Å². The number of carbonyl (C=O) groups is 1. The quantitative estimate of drug-likeness (QED) is 0.147. The van der Waals surface area contributed by atoms with Gasteiger partial charge in [0.05, 0.1) is 12.2 Å². The Balaban J connectivity index is 1.60. The Bertz CT molecular complexity index is 1230. The van der Waals surface area contributed by atoms with Crippen molar-refractivity contribution in [1.82, 2.24) is 0 Å². The van der Waals surface area contributed by atoms with E-state index in [2.05, 4.69) is 107 Å². The van der Waals surface area contributed by atoms with Crippen LogP contribution >= 0.6 is 0 Å². The van der Waals surface area contributed by atoms with Crippen LogP contribution in [0.2, 0.25) is 36.3 Å². The normalized spacial score (nSPS) is 35.5. The zero-order chi connectivity index (χ0) is 34.6. The van der Waals surface area contributed by atoms with Gasteiger partial charge in [-0.05, 0) is 116 Å². The molecular formula is C40H68O4Si2. The van der Waals surface area contributed by atoms with E-state index < -0.39 is 16.6 Å². The molecule has 0 spiro atoms. The average Bonchev–Trinajstić information content (AvgIpc) is 3.43. The van der Waals surface area contributed by atoms with Crippen LogP contribution < -0.4 is 0 Å².